The van der Waals surface area contributed by atoms with Crippen molar-refractivity contribution in [2.75, 3.05) is 24.2 Å². The molecule has 0 aliphatic heterocycles. The fourth-order valence-electron chi connectivity index (χ4n) is 4.42. The third-order valence-corrected chi connectivity index (χ3v) is 7.64. The van der Waals surface area contributed by atoms with Crippen molar-refractivity contribution >= 4 is 27.5 Å². The number of hydrogen-bond donors (Lipinski definition) is 1. The molecule has 0 bridgehead atoms. The van der Waals surface area contributed by atoms with Gasteiger partial charge in [0, 0.05) is 20.0 Å². The molecule has 1 N–H and O–H groups in total. The minimum Gasteiger partial charge on any atom is -0.457 e. The monoisotopic (exact) mass is 571 g/mol. The summed E-state index contributed by atoms with van der Waals surface area (Å²) in [7, 11) is -2.34. The van der Waals surface area contributed by atoms with E-state index < -0.39 is 28.5 Å². The van der Waals surface area contributed by atoms with E-state index in [-0.39, 0.29) is 18.9 Å². The van der Waals surface area contributed by atoms with E-state index in [0.29, 0.717) is 17.2 Å². The standard InChI is InChI=1S/C32H33N3O5S/c1-33-32(37)30(22-25-12-6-3-7-13-25)34(23-26-14-8-4-9-15-26)31(36)24-35(41(2,38)39)27-18-20-29(21-19-27)40-28-16-10-5-11-17-28/h3-21,30H,22-24H2,1-2H3,(H,33,37)/t30-/m0/s1. The second-order valence-electron chi connectivity index (χ2n) is 9.51. The maximum Gasteiger partial charge on any atom is 0.244 e. The Labute approximate surface area is 241 Å². The first kappa shape index (κ1) is 29.4. The quantitative estimate of drug-likeness (QED) is 0.268. The first-order chi connectivity index (χ1) is 19.7. The van der Waals surface area contributed by atoms with Crippen LogP contribution in [0.4, 0.5) is 5.69 Å². The number of likely N-dealkylation sites (N-methyl/N-ethyl adjacent to an activating group) is 1. The van der Waals surface area contributed by atoms with Crippen molar-refractivity contribution in [3.8, 4) is 11.5 Å². The zero-order valence-electron chi connectivity index (χ0n) is 23.0. The van der Waals surface area contributed by atoms with Crippen molar-refractivity contribution < 1.29 is 22.7 Å². The number of nitrogens with zero attached hydrogens (tertiary/aromatic N) is 2. The molecule has 0 fully saturated rings. The molecule has 4 aromatic carbocycles. The average molecular weight is 572 g/mol. The normalized spacial score (nSPS) is 11.8. The molecule has 9 heteroatoms. The molecule has 0 radical (unpaired) electrons. The summed E-state index contributed by atoms with van der Waals surface area (Å²) >= 11 is 0. The molecule has 0 heterocycles. The van der Waals surface area contributed by atoms with Gasteiger partial charge in [0.15, 0.2) is 0 Å². The Bertz CT molecular complexity index is 1530. The van der Waals surface area contributed by atoms with Crippen LogP contribution >= 0.6 is 0 Å². The topological polar surface area (TPSA) is 96.0 Å². The fraction of sp³-hybridized carbons (Fsp3) is 0.188. The lowest BCUT2D eigenvalue weighted by Crippen LogP contribution is -2.52. The number of rotatable bonds is 12. The maximum absolute atomic E-state index is 14.0. The first-order valence-corrected chi connectivity index (χ1v) is 15.0. The lowest BCUT2D eigenvalue weighted by molar-refractivity contribution is -0.139. The van der Waals surface area contributed by atoms with E-state index in [1.54, 1.807) is 24.3 Å². The van der Waals surface area contributed by atoms with E-state index in [2.05, 4.69) is 5.32 Å². The van der Waals surface area contributed by atoms with Crippen LogP contribution < -0.4 is 14.4 Å². The van der Waals surface area contributed by atoms with E-state index in [1.807, 2.05) is 91.0 Å². The Hall–Kier alpha value is -4.63. The van der Waals surface area contributed by atoms with Crippen LogP contribution in [0.3, 0.4) is 0 Å². The van der Waals surface area contributed by atoms with Gasteiger partial charge < -0.3 is 15.0 Å². The summed E-state index contributed by atoms with van der Waals surface area (Å²) in [5, 5.41) is 2.67. The Morgan fingerprint density at radius 2 is 1.27 bits per heavy atom. The van der Waals surface area contributed by atoms with E-state index in [9.17, 15) is 18.0 Å². The molecule has 0 unspecified atom stereocenters. The van der Waals surface area contributed by atoms with Crippen molar-refractivity contribution in [1.29, 1.82) is 0 Å². The number of amides is 2. The van der Waals surface area contributed by atoms with Crippen LogP contribution in [-0.4, -0.2) is 51.0 Å². The highest BCUT2D eigenvalue weighted by molar-refractivity contribution is 7.92. The molecule has 212 valence electrons. The maximum atomic E-state index is 14.0. The molecule has 8 nitrogen and oxygen atoms in total. The molecule has 4 aromatic rings. The van der Waals surface area contributed by atoms with Gasteiger partial charge in [0.2, 0.25) is 21.8 Å². The van der Waals surface area contributed by atoms with Crippen LogP contribution in [0.25, 0.3) is 0 Å². The summed E-state index contributed by atoms with van der Waals surface area (Å²) in [5.41, 5.74) is 2.00. The van der Waals surface area contributed by atoms with Gasteiger partial charge in [-0.1, -0.05) is 78.9 Å². The highest BCUT2D eigenvalue weighted by Gasteiger charge is 2.32. The van der Waals surface area contributed by atoms with Crippen molar-refractivity contribution in [3.05, 3.63) is 126 Å². The Morgan fingerprint density at radius 3 is 1.80 bits per heavy atom. The molecular formula is C32H33N3O5S. The molecule has 41 heavy (non-hydrogen) atoms. The number of ether oxygens (including phenoxy) is 1. The molecule has 2 amide bonds. The summed E-state index contributed by atoms with van der Waals surface area (Å²) in [5.74, 6) is 0.318. The molecule has 0 aromatic heterocycles. The Kier molecular flexibility index (Phi) is 9.76. The summed E-state index contributed by atoms with van der Waals surface area (Å²) < 4.78 is 32.7. The van der Waals surface area contributed by atoms with Gasteiger partial charge >= 0.3 is 0 Å². The third-order valence-electron chi connectivity index (χ3n) is 6.50. The second-order valence-corrected chi connectivity index (χ2v) is 11.4. The molecular weight excluding hydrogens is 538 g/mol. The molecule has 4 rings (SSSR count). The molecule has 0 aliphatic rings. The predicted octanol–water partition coefficient (Wildman–Crippen LogP) is 4.63. The SMILES string of the molecule is CNC(=O)[C@H](Cc1ccccc1)N(Cc1ccccc1)C(=O)CN(c1ccc(Oc2ccccc2)cc1)S(C)(=O)=O. The minimum atomic E-state index is -3.86. The first-order valence-electron chi connectivity index (χ1n) is 13.1. The van der Waals surface area contributed by atoms with Gasteiger partial charge in [-0.3, -0.25) is 13.9 Å². The summed E-state index contributed by atoms with van der Waals surface area (Å²) in [6.45, 7) is -0.348. The number of hydrogen-bond acceptors (Lipinski definition) is 5. The minimum absolute atomic E-state index is 0.131. The average Bonchev–Trinajstić information content (AvgIpc) is 2.98. The van der Waals surface area contributed by atoms with Gasteiger partial charge in [0.1, 0.15) is 24.1 Å². The number of benzene rings is 4. The van der Waals surface area contributed by atoms with Gasteiger partial charge in [0.25, 0.3) is 0 Å². The van der Waals surface area contributed by atoms with Crippen LogP contribution in [0.5, 0.6) is 11.5 Å². The van der Waals surface area contributed by atoms with E-state index in [1.165, 1.54) is 11.9 Å². The lowest BCUT2D eigenvalue weighted by Gasteiger charge is -2.33. The zero-order valence-corrected chi connectivity index (χ0v) is 23.8. The molecule has 1 atom stereocenters. The van der Waals surface area contributed by atoms with Crippen LogP contribution in [0.15, 0.2) is 115 Å². The molecule has 0 saturated carbocycles. The van der Waals surface area contributed by atoms with Crippen molar-refractivity contribution in [2.45, 2.75) is 19.0 Å². The van der Waals surface area contributed by atoms with Gasteiger partial charge in [-0.25, -0.2) is 8.42 Å². The highest BCUT2D eigenvalue weighted by Crippen LogP contribution is 2.26. The third kappa shape index (κ3) is 8.18. The smallest absolute Gasteiger partial charge is 0.244 e. The molecule has 0 saturated heterocycles. The van der Waals surface area contributed by atoms with Gasteiger partial charge in [0.05, 0.1) is 11.9 Å². The molecule has 0 spiro atoms. The molecule has 0 aliphatic carbocycles. The largest absolute Gasteiger partial charge is 0.457 e. The van der Waals surface area contributed by atoms with Crippen molar-refractivity contribution in [2.24, 2.45) is 0 Å². The Morgan fingerprint density at radius 1 is 0.756 bits per heavy atom. The van der Waals surface area contributed by atoms with E-state index in [0.717, 1.165) is 21.7 Å². The van der Waals surface area contributed by atoms with Crippen LogP contribution in [-0.2, 0) is 32.6 Å². The number of sulfonamides is 1. The number of para-hydroxylation sites is 1. The summed E-state index contributed by atoms with van der Waals surface area (Å²) in [4.78, 5) is 28.5. The van der Waals surface area contributed by atoms with Crippen LogP contribution in [0, 0.1) is 0 Å². The number of carbonyl (C=O) groups is 2. The van der Waals surface area contributed by atoms with Crippen LogP contribution in [0.2, 0.25) is 0 Å². The van der Waals surface area contributed by atoms with E-state index >= 15 is 0 Å². The van der Waals surface area contributed by atoms with Crippen molar-refractivity contribution in [3.63, 3.8) is 0 Å². The van der Waals surface area contributed by atoms with Crippen LogP contribution in [0.1, 0.15) is 11.1 Å². The summed E-state index contributed by atoms with van der Waals surface area (Å²) in [6, 6.07) is 33.5. The lowest BCUT2D eigenvalue weighted by atomic mass is 10.0. The number of nitrogens with one attached hydrogen (secondary N) is 1. The van der Waals surface area contributed by atoms with E-state index in [4.69, 9.17) is 4.74 Å². The van der Waals surface area contributed by atoms with Gasteiger partial charge in [-0.15, -0.1) is 0 Å². The summed E-state index contributed by atoms with van der Waals surface area (Å²) in [6.07, 6.45) is 1.32. The number of anilines is 1. The second kappa shape index (κ2) is 13.6. The highest BCUT2D eigenvalue weighted by atomic mass is 32.2. The zero-order chi connectivity index (χ0) is 29.2. The van der Waals surface area contributed by atoms with Gasteiger partial charge in [-0.2, -0.15) is 0 Å². The number of carbonyl (C=O) groups excluding carboxylic acids is 2. The Balaban J connectivity index is 1.63. The predicted molar refractivity (Wildman–Crippen MR) is 160 cm³/mol. The fourth-order valence-corrected chi connectivity index (χ4v) is 5.27. The van der Waals surface area contributed by atoms with Crippen molar-refractivity contribution in [1.82, 2.24) is 10.2 Å². The van der Waals surface area contributed by atoms with Gasteiger partial charge in [-0.05, 0) is 47.5 Å².